The monoisotopic (exact) mass is 288 g/mol. The van der Waals surface area contributed by atoms with Crippen LogP contribution in [0.2, 0.25) is 0 Å². The number of pyridine rings is 1. The molecule has 0 radical (unpaired) electrons. The maximum Gasteiger partial charge on any atom is 0.277 e. The predicted octanol–water partition coefficient (Wildman–Crippen LogP) is 1.23. The van der Waals surface area contributed by atoms with E-state index < -0.39 is 0 Å². The Balaban J connectivity index is 2.19. The Morgan fingerprint density at radius 1 is 1.55 bits per heavy atom. The molecule has 0 saturated heterocycles. The van der Waals surface area contributed by atoms with Gasteiger partial charge in [-0.2, -0.15) is 4.37 Å². The third kappa shape index (κ3) is 3.60. The highest BCUT2D eigenvalue weighted by atomic mass is 32.1. The summed E-state index contributed by atoms with van der Waals surface area (Å²) in [6.07, 6.45) is 1.88. The molecule has 0 unspecified atom stereocenters. The standard InChI is InChI=1S/C13H12N4O2S/c1-9-15-13(20-17-9)16-12(19)11-10(5-2-3-8-18)6-4-7-14-11/h4,6-7,18H,3,8H2,1H3,(H,15,16,17,19). The van der Waals surface area contributed by atoms with Crippen LogP contribution in [0.4, 0.5) is 5.13 Å². The molecular weight excluding hydrogens is 276 g/mol. The van der Waals surface area contributed by atoms with Crippen LogP contribution >= 0.6 is 11.5 Å². The fourth-order valence-electron chi connectivity index (χ4n) is 1.40. The van der Waals surface area contributed by atoms with E-state index in [-0.39, 0.29) is 18.2 Å². The molecule has 20 heavy (non-hydrogen) atoms. The second-order valence-corrected chi connectivity index (χ2v) is 4.53. The quantitative estimate of drug-likeness (QED) is 0.829. The second kappa shape index (κ2) is 6.75. The Morgan fingerprint density at radius 2 is 2.40 bits per heavy atom. The van der Waals surface area contributed by atoms with Gasteiger partial charge < -0.3 is 5.11 Å². The van der Waals surface area contributed by atoms with Crippen LogP contribution in [0.5, 0.6) is 0 Å². The van der Waals surface area contributed by atoms with E-state index in [1.807, 2.05) is 0 Å². The minimum atomic E-state index is -0.380. The van der Waals surface area contributed by atoms with Gasteiger partial charge in [-0.3, -0.25) is 10.1 Å². The van der Waals surface area contributed by atoms with Gasteiger partial charge in [-0.05, 0) is 19.1 Å². The smallest absolute Gasteiger partial charge is 0.277 e. The van der Waals surface area contributed by atoms with E-state index >= 15 is 0 Å². The van der Waals surface area contributed by atoms with Gasteiger partial charge in [0.25, 0.3) is 5.91 Å². The summed E-state index contributed by atoms with van der Waals surface area (Å²) >= 11 is 1.11. The number of hydrogen-bond donors (Lipinski definition) is 2. The van der Waals surface area contributed by atoms with Crippen molar-refractivity contribution >= 4 is 22.6 Å². The lowest BCUT2D eigenvalue weighted by Crippen LogP contribution is -2.15. The molecule has 2 N–H and O–H groups in total. The zero-order chi connectivity index (χ0) is 14.4. The average Bonchev–Trinajstić information content (AvgIpc) is 2.85. The van der Waals surface area contributed by atoms with Crippen LogP contribution in [0, 0.1) is 18.8 Å². The van der Waals surface area contributed by atoms with E-state index in [2.05, 4.69) is 31.5 Å². The summed E-state index contributed by atoms with van der Waals surface area (Å²) < 4.78 is 3.99. The van der Waals surface area contributed by atoms with Crippen molar-refractivity contribution in [3.05, 3.63) is 35.4 Å². The van der Waals surface area contributed by atoms with Gasteiger partial charge in [0.15, 0.2) is 0 Å². The van der Waals surface area contributed by atoms with Gasteiger partial charge in [-0.25, -0.2) is 9.97 Å². The van der Waals surface area contributed by atoms with Crippen molar-refractivity contribution in [1.29, 1.82) is 0 Å². The minimum Gasteiger partial charge on any atom is -0.395 e. The molecule has 2 rings (SSSR count). The molecule has 0 aliphatic heterocycles. The fraction of sp³-hybridized carbons (Fsp3) is 0.231. The first-order valence-electron chi connectivity index (χ1n) is 5.87. The number of rotatable bonds is 3. The lowest BCUT2D eigenvalue weighted by atomic mass is 10.2. The number of carbonyl (C=O) groups is 1. The molecular formula is C13H12N4O2S. The third-order valence-corrected chi connectivity index (χ3v) is 2.95. The lowest BCUT2D eigenvalue weighted by Gasteiger charge is -2.02. The number of nitrogens with one attached hydrogen (secondary N) is 1. The topological polar surface area (TPSA) is 88.0 Å². The Labute approximate surface area is 120 Å². The molecule has 7 heteroatoms. The molecule has 102 valence electrons. The zero-order valence-corrected chi connectivity index (χ0v) is 11.6. The molecule has 6 nitrogen and oxygen atoms in total. The summed E-state index contributed by atoms with van der Waals surface area (Å²) in [4.78, 5) is 20.2. The zero-order valence-electron chi connectivity index (χ0n) is 10.8. The molecule has 0 saturated carbocycles. The van der Waals surface area contributed by atoms with Gasteiger partial charge in [0, 0.05) is 24.2 Å². The van der Waals surface area contributed by atoms with Gasteiger partial charge in [-0.15, -0.1) is 0 Å². The summed E-state index contributed by atoms with van der Waals surface area (Å²) in [5.74, 6) is 5.82. The summed E-state index contributed by atoms with van der Waals surface area (Å²) in [7, 11) is 0. The van der Waals surface area contributed by atoms with Gasteiger partial charge >= 0.3 is 0 Å². The van der Waals surface area contributed by atoms with Gasteiger partial charge in [0.2, 0.25) is 5.13 Å². The first-order valence-corrected chi connectivity index (χ1v) is 6.64. The number of carbonyl (C=O) groups excluding carboxylic acids is 1. The molecule has 0 fully saturated rings. The number of aromatic nitrogens is 3. The molecule has 0 bridgehead atoms. The highest BCUT2D eigenvalue weighted by Crippen LogP contribution is 2.12. The largest absolute Gasteiger partial charge is 0.395 e. The molecule has 0 aromatic carbocycles. The minimum absolute atomic E-state index is 0.0150. The molecule has 0 aliphatic carbocycles. The highest BCUT2D eigenvalue weighted by molar-refractivity contribution is 7.09. The van der Waals surface area contributed by atoms with Crippen molar-refractivity contribution in [2.45, 2.75) is 13.3 Å². The first kappa shape index (κ1) is 14.1. The van der Waals surface area contributed by atoms with Crippen molar-refractivity contribution in [1.82, 2.24) is 14.3 Å². The second-order valence-electron chi connectivity index (χ2n) is 3.78. The third-order valence-electron chi connectivity index (χ3n) is 2.23. The number of anilines is 1. The Morgan fingerprint density at radius 3 is 3.10 bits per heavy atom. The molecule has 1 amide bonds. The maximum absolute atomic E-state index is 12.1. The average molecular weight is 288 g/mol. The molecule has 0 aliphatic rings. The van der Waals surface area contributed by atoms with Crippen molar-refractivity contribution in [2.24, 2.45) is 0 Å². The van der Waals surface area contributed by atoms with E-state index in [9.17, 15) is 4.79 Å². The molecule has 2 heterocycles. The summed E-state index contributed by atoms with van der Waals surface area (Å²) in [6.45, 7) is 1.73. The van der Waals surface area contributed by atoms with Crippen LogP contribution in [0.3, 0.4) is 0 Å². The van der Waals surface area contributed by atoms with Crippen LogP contribution in [0.15, 0.2) is 18.3 Å². The Kier molecular flexibility index (Phi) is 4.76. The number of amides is 1. The molecule has 0 atom stereocenters. The summed E-state index contributed by atoms with van der Waals surface area (Å²) in [5, 5.41) is 11.8. The first-order chi connectivity index (χ1) is 9.70. The molecule has 0 spiro atoms. The van der Waals surface area contributed by atoms with Crippen LogP contribution in [-0.4, -0.2) is 32.0 Å². The molecule has 2 aromatic heterocycles. The van der Waals surface area contributed by atoms with Crippen LogP contribution in [-0.2, 0) is 0 Å². The van der Waals surface area contributed by atoms with Gasteiger partial charge in [-0.1, -0.05) is 11.8 Å². The predicted molar refractivity (Wildman–Crippen MR) is 75.4 cm³/mol. The maximum atomic E-state index is 12.1. The van der Waals surface area contributed by atoms with E-state index in [1.165, 1.54) is 6.20 Å². The van der Waals surface area contributed by atoms with E-state index in [0.29, 0.717) is 22.9 Å². The van der Waals surface area contributed by atoms with Crippen LogP contribution in [0.1, 0.15) is 28.3 Å². The SMILES string of the molecule is Cc1nsc(NC(=O)c2ncccc2C#CCCO)n1. The van der Waals surface area contributed by atoms with Gasteiger partial charge in [0.1, 0.15) is 11.5 Å². The Hall–Kier alpha value is -2.30. The summed E-state index contributed by atoms with van der Waals surface area (Å²) in [5.41, 5.74) is 0.741. The van der Waals surface area contributed by atoms with Crippen molar-refractivity contribution in [2.75, 3.05) is 11.9 Å². The number of aliphatic hydroxyl groups excluding tert-OH is 1. The van der Waals surface area contributed by atoms with E-state index in [4.69, 9.17) is 5.11 Å². The number of aryl methyl sites for hydroxylation is 1. The van der Waals surface area contributed by atoms with Crippen molar-refractivity contribution < 1.29 is 9.90 Å². The Bertz CT molecular complexity index is 672. The van der Waals surface area contributed by atoms with Crippen molar-refractivity contribution in [3.63, 3.8) is 0 Å². The van der Waals surface area contributed by atoms with E-state index in [0.717, 1.165) is 11.5 Å². The van der Waals surface area contributed by atoms with Crippen molar-refractivity contribution in [3.8, 4) is 11.8 Å². The van der Waals surface area contributed by atoms with Gasteiger partial charge in [0.05, 0.1) is 12.2 Å². The number of nitrogens with zero attached hydrogens (tertiary/aromatic N) is 3. The fourth-order valence-corrected chi connectivity index (χ4v) is 1.98. The van der Waals surface area contributed by atoms with Crippen LogP contribution < -0.4 is 5.32 Å². The van der Waals surface area contributed by atoms with E-state index in [1.54, 1.807) is 19.1 Å². The summed E-state index contributed by atoms with van der Waals surface area (Å²) in [6, 6.07) is 3.41. The van der Waals surface area contributed by atoms with Crippen LogP contribution in [0.25, 0.3) is 0 Å². The normalized spacial score (nSPS) is 9.70. The number of aliphatic hydroxyl groups is 1. The highest BCUT2D eigenvalue weighted by Gasteiger charge is 2.13. The number of hydrogen-bond acceptors (Lipinski definition) is 6. The molecule has 2 aromatic rings. The lowest BCUT2D eigenvalue weighted by molar-refractivity contribution is 0.102.